The van der Waals surface area contributed by atoms with Crippen LogP contribution in [-0.4, -0.2) is 60.3 Å². The Labute approximate surface area is 134 Å². The highest BCUT2D eigenvalue weighted by Gasteiger charge is 2.09. The first-order chi connectivity index (χ1) is 9.24. The van der Waals surface area contributed by atoms with Crippen LogP contribution in [0.15, 0.2) is 0 Å². The van der Waals surface area contributed by atoms with E-state index in [9.17, 15) is 9.59 Å². The highest BCUT2D eigenvalue weighted by atomic mass is 35.5. The average molecular weight is 327 g/mol. The van der Waals surface area contributed by atoms with Gasteiger partial charge in [-0.25, -0.2) is 0 Å². The fraction of sp³-hybridized carbons (Fsp3) is 0.857. The molecule has 0 amide bonds. The van der Waals surface area contributed by atoms with Crippen molar-refractivity contribution in [1.29, 1.82) is 0 Å². The van der Waals surface area contributed by atoms with Crippen molar-refractivity contribution in [2.75, 3.05) is 26.2 Å². The van der Waals surface area contributed by atoms with E-state index in [0.717, 1.165) is 6.54 Å². The molecule has 0 bridgehead atoms. The molecule has 0 saturated carbocycles. The van der Waals surface area contributed by atoms with Crippen LogP contribution in [0.2, 0.25) is 0 Å². The molecule has 0 atom stereocenters. The Bertz CT molecular complexity index is 274. The van der Waals surface area contributed by atoms with Crippen LogP contribution in [0.25, 0.3) is 0 Å². The molecule has 0 aromatic carbocycles. The second-order valence-corrected chi connectivity index (χ2v) is 4.89. The van der Waals surface area contributed by atoms with Gasteiger partial charge < -0.3 is 15.2 Å². The van der Waals surface area contributed by atoms with Gasteiger partial charge in [-0.2, -0.15) is 0 Å². The lowest BCUT2D eigenvalue weighted by atomic mass is 10.3. The second-order valence-electron chi connectivity index (χ2n) is 4.89. The molecule has 0 saturated heterocycles. The number of nitrogens with zero attached hydrogens (tertiary/aromatic N) is 1. The zero-order valence-corrected chi connectivity index (χ0v) is 14.8. The zero-order valence-electron chi connectivity index (χ0n) is 14.0. The Morgan fingerprint density at radius 3 is 1.95 bits per heavy atom. The average Bonchev–Trinajstić information content (AvgIpc) is 2.34. The molecule has 0 unspecified atom stereocenters. The number of esters is 1. The fourth-order valence-corrected chi connectivity index (χ4v) is 1.33. The number of ether oxygens (including phenoxy) is 1. The summed E-state index contributed by atoms with van der Waals surface area (Å²) >= 11 is 0. The molecule has 0 spiro atoms. The van der Waals surface area contributed by atoms with Gasteiger partial charge in [-0.1, -0.05) is 20.8 Å². The predicted molar refractivity (Wildman–Crippen MR) is 87.0 cm³/mol. The molecule has 128 valence electrons. The van der Waals surface area contributed by atoms with Crippen LogP contribution in [0, 0.1) is 0 Å². The summed E-state index contributed by atoms with van der Waals surface area (Å²) in [7, 11) is 0. The quantitative estimate of drug-likeness (QED) is 0.662. The Morgan fingerprint density at radius 1 is 1.19 bits per heavy atom. The molecule has 0 aromatic heterocycles. The Hall–Kier alpha value is -0.850. The Balaban J connectivity index is -0.000000295. The minimum Gasteiger partial charge on any atom is -0.480 e. The van der Waals surface area contributed by atoms with Crippen LogP contribution in [0.5, 0.6) is 0 Å². The first-order valence-corrected chi connectivity index (χ1v) is 7.09. The van der Waals surface area contributed by atoms with Crippen molar-refractivity contribution >= 4 is 24.3 Å². The molecule has 0 radical (unpaired) electrons. The topological polar surface area (TPSA) is 78.9 Å². The molecule has 0 aliphatic heterocycles. The van der Waals surface area contributed by atoms with Gasteiger partial charge in [0, 0.05) is 12.1 Å². The number of nitrogens with one attached hydrogen (secondary N) is 1. The van der Waals surface area contributed by atoms with Crippen LogP contribution < -0.4 is 5.32 Å². The number of rotatable bonds is 8. The third-order valence-electron chi connectivity index (χ3n) is 2.43. The van der Waals surface area contributed by atoms with Crippen LogP contribution in [0.4, 0.5) is 0 Å². The molecular formula is C14H31ClN2O4. The van der Waals surface area contributed by atoms with Gasteiger partial charge in [0.15, 0.2) is 0 Å². The van der Waals surface area contributed by atoms with E-state index in [2.05, 4.69) is 5.32 Å². The normalized spacial score (nSPS) is 9.95. The SMILES string of the molecule is CCN(CC(=O)O)C(C)C.CCOC(=O)CNC(C)C.Cl. The van der Waals surface area contributed by atoms with Gasteiger partial charge in [-0.05, 0) is 27.3 Å². The smallest absolute Gasteiger partial charge is 0.319 e. The first kappa shape index (κ1) is 25.1. The van der Waals surface area contributed by atoms with E-state index in [0.29, 0.717) is 25.2 Å². The molecular weight excluding hydrogens is 296 g/mol. The number of carboxylic acid groups (broad SMARTS) is 1. The number of likely N-dealkylation sites (N-methyl/N-ethyl adjacent to an activating group) is 1. The summed E-state index contributed by atoms with van der Waals surface area (Å²) in [6.07, 6.45) is 0. The van der Waals surface area contributed by atoms with Gasteiger partial charge in [0.2, 0.25) is 0 Å². The summed E-state index contributed by atoms with van der Waals surface area (Å²) in [5.74, 6) is -0.938. The number of aliphatic carboxylic acids is 1. The van der Waals surface area contributed by atoms with E-state index in [4.69, 9.17) is 9.84 Å². The lowest BCUT2D eigenvalue weighted by Gasteiger charge is -2.21. The number of halogens is 1. The van der Waals surface area contributed by atoms with E-state index in [1.54, 1.807) is 6.92 Å². The molecule has 6 nitrogen and oxygen atoms in total. The second kappa shape index (κ2) is 15.5. The van der Waals surface area contributed by atoms with E-state index in [-0.39, 0.29) is 24.9 Å². The Morgan fingerprint density at radius 2 is 1.71 bits per heavy atom. The number of hydrogen-bond donors (Lipinski definition) is 2. The molecule has 0 aromatic rings. The number of hydrogen-bond acceptors (Lipinski definition) is 5. The molecule has 7 heteroatoms. The highest BCUT2D eigenvalue weighted by Crippen LogP contribution is 1.95. The van der Waals surface area contributed by atoms with Gasteiger partial charge in [-0.15, -0.1) is 12.4 Å². The van der Waals surface area contributed by atoms with Crippen molar-refractivity contribution in [1.82, 2.24) is 10.2 Å². The highest BCUT2D eigenvalue weighted by molar-refractivity contribution is 5.85. The summed E-state index contributed by atoms with van der Waals surface area (Å²) in [5, 5.41) is 11.4. The maximum Gasteiger partial charge on any atom is 0.319 e. The minimum atomic E-state index is -0.754. The Kier molecular flexibility index (Phi) is 18.6. The van der Waals surface area contributed by atoms with Gasteiger partial charge in [0.1, 0.15) is 0 Å². The van der Waals surface area contributed by atoms with Crippen LogP contribution in [0.1, 0.15) is 41.5 Å². The molecule has 0 fully saturated rings. The van der Waals surface area contributed by atoms with Crippen LogP contribution >= 0.6 is 12.4 Å². The van der Waals surface area contributed by atoms with Gasteiger partial charge in [-0.3, -0.25) is 14.5 Å². The maximum absolute atomic E-state index is 10.7. The number of carboxylic acids is 1. The van der Waals surface area contributed by atoms with Crippen LogP contribution in [-0.2, 0) is 14.3 Å². The molecule has 2 N–H and O–H groups in total. The summed E-state index contributed by atoms with van der Waals surface area (Å²) in [6, 6.07) is 0.658. The fourth-order valence-electron chi connectivity index (χ4n) is 1.33. The third-order valence-corrected chi connectivity index (χ3v) is 2.43. The van der Waals surface area contributed by atoms with Gasteiger partial charge in [0.25, 0.3) is 0 Å². The van der Waals surface area contributed by atoms with Crippen molar-refractivity contribution in [2.45, 2.75) is 53.6 Å². The number of carbonyl (C=O) groups is 2. The van der Waals surface area contributed by atoms with E-state index < -0.39 is 5.97 Å². The van der Waals surface area contributed by atoms with Crippen molar-refractivity contribution in [3.8, 4) is 0 Å². The first-order valence-electron chi connectivity index (χ1n) is 7.09. The van der Waals surface area contributed by atoms with Crippen molar-refractivity contribution in [2.24, 2.45) is 0 Å². The lowest BCUT2D eigenvalue weighted by molar-refractivity contribution is -0.142. The lowest BCUT2D eigenvalue weighted by Crippen LogP contribution is -2.35. The predicted octanol–water partition coefficient (Wildman–Crippen LogP) is 1.77. The molecule has 21 heavy (non-hydrogen) atoms. The zero-order chi connectivity index (χ0) is 16.1. The summed E-state index contributed by atoms with van der Waals surface area (Å²) in [6.45, 7) is 13.4. The molecule has 0 aliphatic rings. The third kappa shape index (κ3) is 19.1. The van der Waals surface area contributed by atoms with Gasteiger partial charge >= 0.3 is 11.9 Å². The molecule has 0 rings (SSSR count). The van der Waals surface area contributed by atoms with Crippen LogP contribution in [0.3, 0.4) is 0 Å². The monoisotopic (exact) mass is 326 g/mol. The summed E-state index contributed by atoms with van der Waals surface area (Å²) in [5.41, 5.74) is 0. The van der Waals surface area contributed by atoms with Gasteiger partial charge in [0.05, 0.1) is 19.7 Å². The minimum absolute atomic E-state index is 0. The van der Waals surface area contributed by atoms with Crippen molar-refractivity contribution < 1.29 is 19.4 Å². The van der Waals surface area contributed by atoms with E-state index >= 15 is 0 Å². The largest absolute Gasteiger partial charge is 0.480 e. The standard InChI is InChI=1S/2C7H15NO2.ClH/c1-4-10-7(9)5-8-6(2)3;1-4-8(6(2)3)5-7(9)10;/h6,8H,4-5H2,1-3H3;6H,4-5H2,1-3H3,(H,9,10);1H. The summed E-state index contributed by atoms with van der Waals surface area (Å²) in [4.78, 5) is 22.8. The maximum atomic E-state index is 10.7. The van der Waals surface area contributed by atoms with Crippen molar-refractivity contribution in [3.63, 3.8) is 0 Å². The molecule has 0 aliphatic carbocycles. The molecule has 0 heterocycles. The number of carbonyl (C=O) groups excluding carboxylic acids is 1. The van der Waals surface area contributed by atoms with E-state index in [1.165, 1.54) is 0 Å². The van der Waals surface area contributed by atoms with E-state index in [1.807, 2.05) is 39.5 Å². The summed E-state index contributed by atoms with van der Waals surface area (Å²) < 4.78 is 4.69. The van der Waals surface area contributed by atoms with Crippen molar-refractivity contribution in [3.05, 3.63) is 0 Å².